The van der Waals surface area contributed by atoms with Crippen molar-refractivity contribution in [3.63, 3.8) is 0 Å². The smallest absolute Gasteiger partial charge is 0.280 e. The minimum absolute atomic E-state index is 0.199. The van der Waals surface area contributed by atoms with E-state index in [0.717, 1.165) is 7.11 Å². The molecule has 1 rings (SSSR count). The number of aromatic nitrogens is 1. The van der Waals surface area contributed by atoms with E-state index >= 15 is 0 Å². The molecule has 0 atom stereocenters. The van der Waals surface area contributed by atoms with E-state index in [-0.39, 0.29) is 17.7 Å². The van der Waals surface area contributed by atoms with Crippen molar-refractivity contribution in [2.45, 2.75) is 12.8 Å². The Labute approximate surface area is 84.1 Å². The molecule has 0 N–H and O–H groups in total. The van der Waals surface area contributed by atoms with Crippen LogP contribution in [0.2, 0.25) is 0 Å². The average molecular weight is 216 g/mol. The Balaban J connectivity index is 3.36. The van der Waals surface area contributed by atoms with Crippen LogP contribution in [0.25, 0.3) is 0 Å². The summed E-state index contributed by atoms with van der Waals surface area (Å²) < 4.78 is 42.6. The highest BCUT2D eigenvalue weighted by atomic mass is 19.3. The molecule has 6 heteroatoms. The molecule has 0 aliphatic rings. The van der Waals surface area contributed by atoms with Crippen molar-refractivity contribution in [2.24, 2.45) is 0 Å². The van der Waals surface area contributed by atoms with Crippen LogP contribution in [-0.4, -0.2) is 12.1 Å². The van der Waals surface area contributed by atoms with Gasteiger partial charge >= 0.3 is 0 Å². The third kappa shape index (κ3) is 2.18. The van der Waals surface area contributed by atoms with Crippen molar-refractivity contribution in [1.29, 1.82) is 5.26 Å². The van der Waals surface area contributed by atoms with Gasteiger partial charge in [-0.05, 0) is 0 Å². The molecule has 0 aliphatic heterocycles. The average Bonchev–Trinajstić information content (AvgIpc) is 2.18. The Bertz CT molecular complexity index is 401. The fourth-order valence-electron chi connectivity index (χ4n) is 1.18. The van der Waals surface area contributed by atoms with Crippen molar-refractivity contribution in [3.8, 4) is 11.8 Å². The highest BCUT2D eigenvalue weighted by molar-refractivity contribution is 5.39. The van der Waals surface area contributed by atoms with Gasteiger partial charge in [0.25, 0.3) is 6.43 Å². The number of nitriles is 1. The third-order valence-corrected chi connectivity index (χ3v) is 1.78. The molecule has 0 unspecified atom stereocenters. The van der Waals surface area contributed by atoms with Crippen molar-refractivity contribution in [3.05, 3.63) is 23.3 Å². The topological polar surface area (TPSA) is 45.9 Å². The molecular weight excluding hydrogens is 209 g/mol. The predicted molar refractivity (Wildman–Crippen MR) is 45.0 cm³/mol. The summed E-state index contributed by atoms with van der Waals surface area (Å²) in [7, 11) is 1.15. The highest BCUT2D eigenvalue weighted by Crippen LogP contribution is 2.30. The maximum atomic E-state index is 13.1. The highest BCUT2D eigenvalue weighted by Gasteiger charge is 2.21. The van der Waals surface area contributed by atoms with Crippen LogP contribution < -0.4 is 4.74 Å². The second-order valence-corrected chi connectivity index (χ2v) is 2.64. The van der Waals surface area contributed by atoms with Gasteiger partial charge in [-0.1, -0.05) is 0 Å². The Hall–Kier alpha value is -1.77. The zero-order chi connectivity index (χ0) is 11.4. The molecule has 15 heavy (non-hydrogen) atoms. The zero-order valence-corrected chi connectivity index (χ0v) is 7.80. The number of ether oxygens (including phenoxy) is 1. The lowest BCUT2D eigenvalue weighted by atomic mass is 10.1. The Kier molecular flexibility index (Phi) is 3.50. The molecule has 0 radical (unpaired) electrons. The number of alkyl halides is 2. The van der Waals surface area contributed by atoms with Crippen LogP contribution in [0.15, 0.2) is 6.20 Å². The van der Waals surface area contributed by atoms with Crippen molar-refractivity contribution in [2.75, 3.05) is 7.11 Å². The summed E-state index contributed by atoms with van der Waals surface area (Å²) in [6.45, 7) is 0. The molecule has 0 saturated carbocycles. The summed E-state index contributed by atoms with van der Waals surface area (Å²) in [5.74, 6) is -1.20. The van der Waals surface area contributed by atoms with Crippen LogP contribution in [0.1, 0.15) is 17.7 Å². The SMILES string of the molecule is COc1c(F)cnc(C(F)F)c1CC#N. The normalized spacial score (nSPS) is 10.1. The molecule has 0 amide bonds. The molecule has 0 spiro atoms. The first-order valence-electron chi connectivity index (χ1n) is 3.98. The number of pyridine rings is 1. The summed E-state index contributed by atoms with van der Waals surface area (Å²) in [5.41, 5.74) is -0.815. The number of rotatable bonds is 3. The molecule has 80 valence electrons. The fourth-order valence-corrected chi connectivity index (χ4v) is 1.18. The van der Waals surface area contributed by atoms with Crippen LogP contribution in [0.4, 0.5) is 13.2 Å². The van der Waals surface area contributed by atoms with Crippen molar-refractivity contribution in [1.82, 2.24) is 4.98 Å². The molecule has 0 aromatic carbocycles. The monoisotopic (exact) mass is 216 g/mol. The number of hydrogen-bond donors (Lipinski definition) is 0. The van der Waals surface area contributed by atoms with Gasteiger partial charge < -0.3 is 4.74 Å². The van der Waals surface area contributed by atoms with Gasteiger partial charge in [0, 0.05) is 5.56 Å². The largest absolute Gasteiger partial charge is 0.493 e. The Morgan fingerprint density at radius 3 is 2.73 bits per heavy atom. The summed E-state index contributed by atoms with van der Waals surface area (Å²) in [6, 6.07) is 1.66. The van der Waals surface area contributed by atoms with E-state index in [1.54, 1.807) is 6.07 Å². The van der Waals surface area contributed by atoms with Gasteiger partial charge in [0.2, 0.25) is 0 Å². The first-order valence-corrected chi connectivity index (χ1v) is 3.98. The Morgan fingerprint density at radius 1 is 1.60 bits per heavy atom. The molecule has 3 nitrogen and oxygen atoms in total. The van der Waals surface area contributed by atoms with E-state index in [1.807, 2.05) is 0 Å². The first kappa shape index (κ1) is 11.3. The summed E-state index contributed by atoms with van der Waals surface area (Å²) >= 11 is 0. The molecular formula is C9H7F3N2O. The van der Waals surface area contributed by atoms with E-state index in [2.05, 4.69) is 9.72 Å². The van der Waals surface area contributed by atoms with Gasteiger partial charge in [-0.15, -0.1) is 0 Å². The number of hydrogen-bond acceptors (Lipinski definition) is 3. The summed E-state index contributed by atoms with van der Waals surface area (Å²) in [5, 5.41) is 8.44. The van der Waals surface area contributed by atoms with Gasteiger partial charge in [0.05, 0.1) is 25.8 Å². The lowest BCUT2D eigenvalue weighted by Gasteiger charge is -2.10. The van der Waals surface area contributed by atoms with E-state index in [1.165, 1.54) is 0 Å². The molecule has 1 heterocycles. The third-order valence-electron chi connectivity index (χ3n) is 1.78. The van der Waals surface area contributed by atoms with Crippen molar-refractivity contribution < 1.29 is 17.9 Å². The molecule has 0 fully saturated rings. The maximum Gasteiger partial charge on any atom is 0.280 e. The van der Waals surface area contributed by atoms with E-state index < -0.39 is 17.9 Å². The lowest BCUT2D eigenvalue weighted by molar-refractivity contribution is 0.144. The second kappa shape index (κ2) is 4.64. The van der Waals surface area contributed by atoms with E-state index in [9.17, 15) is 13.2 Å². The standard InChI is InChI=1S/C9H7F3N2O/c1-15-8-5(2-3-13)7(9(11)12)14-4-6(8)10/h4,9H,2H2,1H3. The molecule has 0 bridgehead atoms. The molecule has 0 aliphatic carbocycles. The lowest BCUT2D eigenvalue weighted by Crippen LogP contribution is -2.03. The van der Waals surface area contributed by atoms with Gasteiger partial charge in [-0.3, -0.25) is 4.98 Å². The van der Waals surface area contributed by atoms with Crippen LogP contribution in [0.3, 0.4) is 0 Å². The van der Waals surface area contributed by atoms with Crippen LogP contribution in [-0.2, 0) is 6.42 Å². The second-order valence-electron chi connectivity index (χ2n) is 2.64. The molecule has 1 aromatic rings. The number of nitrogens with zero attached hydrogens (tertiary/aromatic N) is 2. The van der Waals surface area contributed by atoms with Crippen LogP contribution >= 0.6 is 0 Å². The first-order chi connectivity index (χ1) is 7.11. The summed E-state index contributed by atoms with van der Waals surface area (Å²) in [6.07, 6.45) is -2.57. The number of halogens is 3. The van der Waals surface area contributed by atoms with Crippen molar-refractivity contribution >= 4 is 0 Å². The predicted octanol–water partition coefficient (Wildman–Crippen LogP) is 2.23. The summed E-state index contributed by atoms with van der Waals surface area (Å²) in [4.78, 5) is 3.25. The van der Waals surface area contributed by atoms with Gasteiger partial charge in [-0.2, -0.15) is 5.26 Å². The quantitative estimate of drug-likeness (QED) is 0.778. The number of methoxy groups -OCH3 is 1. The molecule has 0 saturated heterocycles. The van der Waals surface area contributed by atoms with Gasteiger partial charge in [0.15, 0.2) is 11.6 Å². The fraction of sp³-hybridized carbons (Fsp3) is 0.333. The molecule has 1 aromatic heterocycles. The van der Waals surface area contributed by atoms with Crippen LogP contribution in [0.5, 0.6) is 5.75 Å². The van der Waals surface area contributed by atoms with E-state index in [0.29, 0.717) is 6.20 Å². The maximum absolute atomic E-state index is 13.1. The van der Waals surface area contributed by atoms with E-state index in [4.69, 9.17) is 5.26 Å². The van der Waals surface area contributed by atoms with Gasteiger partial charge in [-0.25, -0.2) is 13.2 Å². The van der Waals surface area contributed by atoms with Crippen LogP contribution in [0, 0.1) is 17.1 Å². The Morgan fingerprint density at radius 2 is 2.27 bits per heavy atom. The van der Waals surface area contributed by atoms with Gasteiger partial charge in [0.1, 0.15) is 5.69 Å². The minimum Gasteiger partial charge on any atom is -0.493 e. The zero-order valence-electron chi connectivity index (χ0n) is 7.80. The minimum atomic E-state index is -2.86.